The number of rotatable bonds is 6. The average molecular weight is 360 g/mol. The molecule has 136 valence electrons. The predicted octanol–water partition coefficient (Wildman–Crippen LogP) is 2.86. The van der Waals surface area contributed by atoms with Gasteiger partial charge < -0.3 is 21.7 Å². The van der Waals surface area contributed by atoms with Crippen LogP contribution < -0.4 is 21.7 Å². The van der Waals surface area contributed by atoms with E-state index in [0.29, 0.717) is 0 Å². The first-order chi connectivity index (χ1) is 12.0. The van der Waals surface area contributed by atoms with Gasteiger partial charge in [0.05, 0.1) is 12.1 Å². The van der Waals surface area contributed by atoms with Gasteiger partial charge in [0.2, 0.25) is 0 Å². The molecule has 0 radical (unpaired) electrons. The van der Waals surface area contributed by atoms with E-state index in [-0.39, 0.29) is 0 Å². The number of nitrogens with two attached hydrogens (primary N) is 3. The van der Waals surface area contributed by atoms with Gasteiger partial charge in [-0.25, -0.2) is 0 Å². The maximum Gasteiger partial charge on any atom is 0.138 e. The lowest BCUT2D eigenvalue weighted by Crippen LogP contribution is -2.77. The number of hydrogen-bond acceptors (Lipinski definition) is 4. The Labute approximate surface area is 157 Å². The molecule has 0 atom stereocenters. The predicted molar refractivity (Wildman–Crippen MR) is 114 cm³/mol. The zero-order chi connectivity index (χ0) is 18.7. The third-order valence-electron chi connectivity index (χ3n) is 3.78. The number of nitrogen functional groups attached to an aromatic ring is 1. The molecule has 2 aromatic rings. The van der Waals surface area contributed by atoms with Gasteiger partial charge in [-0.2, -0.15) is 12.6 Å². The van der Waals surface area contributed by atoms with Crippen LogP contribution in [0.3, 0.4) is 0 Å². The first-order valence-electron chi connectivity index (χ1n) is 8.55. The molecule has 0 aliphatic heterocycles. The molecule has 0 saturated heterocycles. The Hall–Kier alpha value is -2.11. The van der Waals surface area contributed by atoms with Crippen LogP contribution in [-0.2, 0) is 0 Å². The molecule has 0 aromatic heterocycles. The van der Waals surface area contributed by atoms with Crippen LogP contribution in [0.1, 0.15) is 19.4 Å². The molecule has 0 aliphatic carbocycles. The molecule has 2 rings (SSSR count). The Bertz CT molecular complexity index is 653. The third kappa shape index (κ3) is 7.11. The topological polar surface area (TPSA) is 71.9 Å². The number of benzene rings is 2. The van der Waals surface area contributed by atoms with Crippen molar-refractivity contribution in [2.45, 2.75) is 13.8 Å². The largest absolute Gasteiger partial charge is 0.399 e. The monoisotopic (exact) mass is 359 g/mol. The van der Waals surface area contributed by atoms with Gasteiger partial charge in [-0.15, -0.1) is 0 Å². The smallest absolute Gasteiger partial charge is 0.138 e. The van der Waals surface area contributed by atoms with E-state index >= 15 is 0 Å². The Morgan fingerprint density at radius 3 is 2.36 bits per heavy atom. The van der Waals surface area contributed by atoms with Gasteiger partial charge >= 0.3 is 0 Å². The normalized spacial score (nSPS) is 10.8. The fourth-order valence-corrected chi connectivity index (χ4v) is 2.62. The van der Waals surface area contributed by atoms with Crippen LogP contribution in [0, 0.1) is 0 Å². The summed E-state index contributed by atoms with van der Waals surface area (Å²) in [5.41, 5.74) is 16.6. The third-order valence-corrected chi connectivity index (χ3v) is 3.98. The van der Waals surface area contributed by atoms with Gasteiger partial charge in [0.15, 0.2) is 0 Å². The highest BCUT2D eigenvalue weighted by Gasteiger charge is 2.05. The van der Waals surface area contributed by atoms with E-state index in [2.05, 4.69) is 41.9 Å². The number of anilines is 2. The second-order valence-corrected chi connectivity index (χ2v) is 6.13. The summed E-state index contributed by atoms with van der Waals surface area (Å²) in [5.74, 6) is 0.862. The number of nitrogens with zero attached hydrogens (tertiary/aromatic N) is 1. The molecule has 0 bridgehead atoms. The van der Waals surface area contributed by atoms with Crippen LogP contribution in [0.2, 0.25) is 0 Å². The van der Waals surface area contributed by atoms with Crippen molar-refractivity contribution in [2.24, 2.45) is 5.73 Å². The molecule has 25 heavy (non-hydrogen) atoms. The standard InChI is InChI=1S/C11H16N2.C9H14N2S/c1-3-10(12)9-7-5-6-8-11(9)13-4-2;1-11(6-7-12)9-4-2-8(10)3-5-9/h3,5-8,13H,4,12H2,1-2H3;2-5,12H,6-7,10H2,1H3/p+1/b10-3+;. The van der Waals surface area contributed by atoms with E-state index < -0.39 is 0 Å². The van der Waals surface area contributed by atoms with Gasteiger partial charge in [0, 0.05) is 36.4 Å². The highest BCUT2D eigenvalue weighted by Crippen LogP contribution is 2.15. The maximum atomic E-state index is 5.87. The van der Waals surface area contributed by atoms with Crippen molar-refractivity contribution >= 4 is 35.4 Å². The summed E-state index contributed by atoms with van der Waals surface area (Å²) >= 11 is 4.16. The number of thiol groups is 1. The summed E-state index contributed by atoms with van der Waals surface area (Å²) in [6, 6.07) is 16.0. The summed E-state index contributed by atoms with van der Waals surface area (Å²) in [4.78, 5) is 2.15. The van der Waals surface area contributed by atoms with Gasteiger partial charge in [0.1, 0.15) is 5.69 Å². The Kier molecular flexibility index (Phi) is 9.58. The first-order valence-corrected chi connectivity index (χ1v) is 9.18. The fourth-order valence-electron chi connectivity index (χ4n) is 2.32. The lowest BCUT2D eigenvalue weighted by Gasteiger charge is -2.17. The minimum absolute atomic E-state index is 0.804. The lowest BCUT2D eigenvalue weighted by atomic mass is 10.1. The van der Waals surface area contributed by atoms with Crippen molar-refractivity contribution in [3.05, 3.63) is 60.2 Å². The molecule has 0 amide bonds. The van der Waals surface area contributed by atoms with E-state index in [1.165, 1.54) is 11.4 Å². The van der Waals surface area contributed by atoms with Crippen molar-refractivity contribution in [3.8, 4) is 0 Å². The second-order valence-electron chi connectivity index (χ2n) is 5.68. The Balaban J connectivity index is 0.000000251. The van der Waals surface area contributed by atoms with E-state index in [0.717, 1.165) is 35.8 Å². The molecular formula is C20H31N4S+. The molecule has 6 N–H and O–H groups in total. The molecule has 0 spiro atoms. The van der Waals surface area contributed by atoms with E-state index in [4.69, 9.17) is 11.5 Å². The number of quaternary nitrogens is 1. The number of para-hydroxylation sites is 1. The summed E-state index contributed by atoms with van der Waals surface area (Å²) < 4.78 is 0. The van der Waals surface area contributed by atoms with E-state index in [1.807, 2.05) is 56.4 Å². The summed E-state index contributed by atoms with van der Waals surface area (Å²) in [6.45, 7) is 6.07. The molecule has 0 unspecified atom stereocenters. The molecule has 0 fully saturated rings. The minimum Gasteiger partial charge on any atom is -0.399 e. The highest BCUT2D eigenvalue weighted by molar-refractivity contribution is 7.80. The van der Waals surface area contributed by atoms with Gasteiger partial charge in [-0.05, 0) is 50.2 Å². The number of allylic oxidation sites excluding steroid dienone is 1. The van der Waals surface area contributed by atoms with Crippen LogP contribution in [-0.4, -0.2) is 25.9 Å². The average Bonchev–Trinajstić information content (AvgIpc) is 2.63. The van der Waals surface area contributed by atoms with Crippen molar-refractivity contribution < 1.29 is 5.32 Å². The van der Waals surface area contributed by atoms with Crippen molar-refractivity contribution in [1.82, 2.24) is 0 Å². The fraction of sp³-hybridized carbons (Fsp3) is 0.300. The Morgan fingerprint density at radius 2 is 1.80 bits per heavy atom. The van der Waals surface area contributed by atoms with Gasteiger partial charge in [-0.1, -0.05) is 18.2 Å². The quantitative estimate of drug-likeness (QED) is 0.473. The maximum absolute atomic E-state index is 5.87. The zero-order valence-electron chi connectivity index (χ0n) is 15.4. The van der Waals surface area contributed by atoms with Gasteiger partial charge in [0.25, 0.3) is 0 Å². The zero-order valence-corrected chi connectivity index (χ0v) is 16.3. The van der Waals surface area contributed by atoms with Crippen molar-refractivity contribution in [2.75, 3.05) is 36.5 Å². The van der Waals surface area contributed by atoms with Gasteiger partial charge in [-0.3, -0.25) is 0 Å². The molecule has 0 saturated carbocycles. The number of hydrogen-bond donors (Lipinski definition) is 4. The van der Waals surface area contributed by atoms with Crippen LogP contribution in [0.4, 0.5) is 17.1 Å². The van der Waals surface area contributed by atoms with Crippen molar-refractivity contribution in [3.63, 3.8) is 0 Å². The van der Waals surface area contributed by atoms with E-state index in [1.54, 1.807) is 0 Å². The first kappa shape index (κ1) is 20.9. The molecule has 4 nitrogen and oxygen atoms in total. The van der Waals surface area contributed by atoms with Crippen LogP contribution >= 0.6 is 12.6 Å². The molecule has 2 aromatic carbocycles. The van der Waals surface area contributed by atoms with Crippen molar-refractivity contribution in [1.29, 1.82) is 0 Å². The summed E-state index contributed by atoms with van der Waals surface area (Å²) in [5, 5.41) is 2.19. The van der Waals surface area contributed by atoms with Crippen LogP contribution in [0.15, 0.2) is 54.6 Å². The minimum atomic E-state index is 0.804. The molecule has 0 heterocycles. The van der Waals surface area contributed by atoms with E-state index in [9.17, 15) is 0 Å². The summed E-state index contributed by atoms with van der Waals surface area (Å²) in [6.07, 6.45) is 1.93. The molecule has 5 heteroatoms. The lowest BCUT2D eigenvalue weighted by molar-refractivity contribution is -0.567. The van der Waals surface area contributed by atoms with Crippen LogP contribution in [0.25, 0.3) is 5.70 Å². The molecular weight excluding hydrogens is 328 g/mol. The SMILES string of the molecule is C/C=C(/N)c1ccccc1[NH2+]CC.CN(CCS)c1ccc(N)cc1. The summed E-state index contributed by atoms with van der Waals surface area (Å²) in [7, 11) is 2.04. The molecule has 0 aliphatic rings. The van der Waals surface area contributed by atoms with Crippen LogP contribution in [0.5, 0.6) is 0 Å². The highest BCUT2D eigenvalue weighted by atomic mass is 32.1. The Morgan fingerprint density at radius 1 is 1.16 bits per heavy atom. The second kappa shape index (κ2) is 11.4.